The van der Waals surface area contributed by atoms with Crippen molar-refractivity contribution in [3.05, 3.63) is 59.7 Å². The number of carbonyl (C=O) groups is 1. The first kappa shape index (κ1) is 14.2. The number of imidazole rings is 1. The van der Waals surface area contributed by atoms with E-state index in [4.69, 9.17) is 0 Å². The molecule has 1 N–H and O–H groups in total. The van der Waals surface area contributed by atoms with Gasteiger partial charge in [-0.3, -0.25) is 10.1 Å². The zero-order chi connectivity index (χ0) is 15.7. The molecular formula is C16H13F2N3O. The minimum Gasteiger partial charge on any atom is -0.310 e. The van der Waals surface area contributed by atoms with Crippen molar-refractivity contribution in [2.45, 2.75) is 13.5 Å². The van der Waals surface area contributed by atoms with Crippen LogP contribution in [-0.4, -0.2) is 15.5 Å². The SMILES string of the molecule is CCn1c(NC(=O)c2cccc(F)c2F)nc2ccccc21. The molecule has 1 heterocycles. The van der Waals surface area contributed by atoms with Gasteiger partial charge in [-0.05, 0) is 31.2 Å². The number of rotatable bonds is 3. The molecule has 6 heteroatoms. The molecule has 1 aromatic heterocycles. The van der Waals surface area contributed by atoms with Crippen molar-refractivity contribution in [3.63, 3.8) is 0 Å². The van der Waals surface area contributed by atoms with Gasteiger partial charge in [0.05, 0.1) is 16.6 Å². The van der Waals surface area contributed by atoms with E-state index in [1.807, 2.05) is 31.2 Å². The Morgan fingerprint density at radius 1 is 1.18 bits per heavy atom. The van der Waals surface area contributed by atoms with Gasteiger partial charge in [0.2, 0.25) is 5.95 Å². The highest BCUT2D eigenvalue weighted by Crippen LogP contribution is 2.20. The molecule has 1 amide bonds. The normalized spacial score (nSPS) is 10.9. The van der Waals surface area contributed by atoms with Gasteiger partial charge in [0.15, 0.2) is 11.6 Å². The molecule has 2 aromatic carbocycles. The summed E-state index contributed by atoms with van der Waals surface area (Å²) in [5, 5.41) is 2.54. The predicted octanol–water partition coefficient (Wildman–Crippen LogP) is 3.59. The average Bonchev–Trinajstić information content (AvgIpc) is 2.86. The molecule has 3 rings (SSSR count). The topological polar surface area (TPSA) is 46.9 Å². The number of para-hydroxylation sites is 2. The van der Waals surface area contributed by atoms with Gasteiger partial charge < -0.3 is 4.57 Å². The van der Waals surface area contributed by atoms with Crippen LogP contribution < -0.4 is 5.32 Å². The summed E-state index contributed by atoms with van der Waals surface area (Å²) < 4.78 is 28.7. The predicted molar refractivity (Wildman–Crippen MR) is 79.7 cm³/mol. The maximum atomic E-state index is 13.7. The fourth-order valence-corrected chi connectivity index (χ4v) is 2.34. The molecule has 0 aliphatic rings. The monoisotopic (exact) mass is 301 g/mol. The van der Waals surface area contributed by atoms with Crippen LogP contribution in [0.4, 0.5) is 14.7 Å². The fourth-order valence-electron chi connectivity index (χ4n) is 2.34. The van der Waals surface area contributed by atoms with Crippen LogP contribution in [0.1, 0.15) is 17.3 Å². The second kappa shape index (κ2) is 5.55. The van der Waals surface area contributed by atoms with Crippen molar-refractivity contribution < 1.29 is 13.6 Å². The lowest BCUT2D eigenvalue weighted by Crippen LogP contribution is -2.17. The van der Waals surface area contributed by atoms with Crippen LogP contribution in [-0.2, 0) is 6.54 Å². The second-order valence-electron chi connectivity index (χ2n) is 4.72. The van der Waals surface area contributed by atoms with Crippen LogP contribution in [0.2, 0.25) is 0 Å². The first-order valence-electron chi connectivity index (χ1n) is 6.82. The van der Waals surface area contributed by atoms with E-state index in [9.17, 15) is 13.6 Å². The van der Waals surface area contributed by atoms with E-state index in [2.05, 4.69) is 10.3 Å². The number of amides is 1. The molecule has 0 aliphatic carbocycles. The largest absolute Gasteiger partial charge is 0.310 e. The van der Waals surface area contributed by atoms with Gasteiger partial charge in [0.1, 0.15) is 0 Å². The zero-order valence-corrected chi connectivity index (χ0v) is 11.8. The van der Waals surface area contributed by atoms with Crippen molar-refractivity contribution in [1.29, 1.82) is 0 Å². The zero-order valence-electron chi connectivity index (χ0n) is 11.8. The van der Waals surface area contributed by atoms with Crippen LogP contribution in [0.3, 0.4) is 0 Å². The highest BCUT2D eigenvalue weighted by atomic mass is 19.2. The molecule has 0 bridgehead atoms. The van der Waals surface area contributed by atoms with E-state index in [0.717, 1.165) is 17.1 Å². The molecule has 0 spiro atoms. The Bertz CT molecular complexity index is 858. The molecule has 0 saturated heterocycles. The third-order valence-electron chi connectivity index (χ3n) is 3.39. The maximum Gasteiger partial charge on any atom is 0.261 e. The van der Waals surface area contributed by atoms with Crippen LogP contribution in [0.15, 0.2) is 42.5 Å². The number of hydrogen-bond donors (Lipinski definition) is 1. The number of hydrogen-bond acceptors (Lipinski definition) is 2. The summed E-state index contributed by atoms with van der Waals surface area (Å²) in [5.74, 6) is -2.66. The van der Waals surface area contributed by atoms with Gasteiger partial charge in [-0.25, -0.2) is 13.8 Å². The standard InChI is InChI=1S/C16H13F2N3O/c1-2-21-13-9-4-3-8-12(13)19-16(21)20-15(22)10-6-5-7-11(17)14(10)18/h3-9H,2H2,1H3,(H,19,20,22). The first-order valence-corrected chi connectivity index (χ1v) is 6.82. The molecular weight excluding hydrogens is 288 g/mol. The van der Waals surface area contributed by atoms with Crippen molar-refractivity contribution in [2.75, 3.05) is 5.32 Å². The van der Waals surface area contributed by atoms with Gasteiger partial charge in [-0.2, -0.15) is 0 Å². The quantitative estimate of drug-likeness (QED) is 0.803. The van der Waals surface area contributed by atoms with Crippen molar-refractivity contribution in [2.24, 2.45) is 0 Å². The Hall–Kier alpha value is -2.76. The summed E-state index contributed by atoms with van der Waals surface area (Å²) >= 11 is 0. The molecule has 0 radical (unpaired) electrons. The van der Waals surface area contributed by atoms with Gasteiger partial charge in [-0.1, -0.05) is 18.2 Å². The number of carbonyl (C=O) groups excluding carboxylic acids is 1. The third kappa shape index (κ3) is 2.32. The lowest BCUT2D eigenvalue weighted by Gasteiger charge is -2.08. The molecule has 0 aliphatic heterocycles. The Labute approximate surface area is 125 Å². The minimum atomic E-state index is -1.17. The number of nitrogens with zero attached hydrogens (tertiary/aromatic N) is 2. The van der Waals surface area contributed by atoms with Crippen LogP contribution in [0.5, 0.6) is 0 Å². The maximum absolute atomic E-state index is 13.7. The first-order chi connectivity index (χ1) is 10.6. The number of halogens is 2. The summed E-state index contributed by atoms with van der Waals surface area (Å²) in [6.07, 6.45) is 0. The summed E-state index contributed by atoms with van der Waals surface area (Å²) in [7, 11) is 0. The number of aromatic nitrogens is 2. The highest BCUT2D eigenvalue weighted by molar-refractivity contribution is 6.04. The van der Waals surface area contributed by atoms with Crippen molar-refractivity contribution in [3.8, 4) is 0 Å². The van der Waals surface area contributed by atoms with Crippen LogP contribution in [0.25, 0.3) is 11.0 Å². The molecule has 0 unspecified atom stereocenters. The number of anilines is 1. The van der Waals surface area contributed by atoms with Gasteiger partial charge >= 0.3 is 0 Å². The average molecular weight is 301 g/mol. The summed E-state index contributed by atoms with van der Waals surface area (Å²) in [6.45, 7) is 2.49. The second-order valence-corrected chi connectivity index (χ2v) is 4.72. The van der Waals surface area contributed by atoms with E-state index in [1.54, 1.807) is 4.57 Å². The molecule has 4 nitrogen and oxygen atoms in total. The molecule has 22 heavy (non-hydrogen) atoms. The lowest BCUT2D eigenvalue weighted by atomic mass is 10.2. The van der Waals surface area contributed by atoms with Gasteiger partial charge in [0.25, 0.3) is 5.91 Å². The van der Waals surface area contributed by atoms with E-state index in [1.165, 1.54) is 12.1 Å². The van der Waals surface area contributed by atoms with Crippen LogP contribution in [0, 0.1) is 11.6 Å². The minimum absolute atomic E-state index is 0.303. The van der Waals surface area contributed by atoms with E-state index in [-0.39, 0.29) is 5.56 Å². The summed E-state index contributed by atoms with van der Waals surface area (Å²) in [6, 6.07) is 10.9. The van der Waals surface area contributed by atoms with E-state index in [0.29, 0.717) is 12.5 Å². The van der Waals surface area contributed by atoms with Crippen molar-refractivity contribution >= 4 is 22.9 Å². The summed E-state index contributed by atoms with van der Waals surface area (Å²) in [4.78, 5) is 16.5. The molecule has 0 saturated carbocycles. The van der Waals surface area contributed by atoms with Gasteiger partial charge in [-0.15, -0.1) is 0 Å². The Kier molecular flexibility index (Phi) is 3.58. The smallest absolute Gasteiger partial charge is 0.261 e. The van der Waals surface area contributed by atoms with E-state index < -0.39 is 17.5 Å². The number of nitrogens with one attached hydrogen (secondary N) is 1. The third-order valence-corrected chi connectivity index (χ3v) is 3.39. The number of benzene rings is 2. The number of fused-ring (bicyclic) bond motifs is 1. The fraction of sp³-hybridized carbons (Fsp3) is 0.125. The Balaban J connectivity index is 1.99. The molecule has 3 aromatic rings. The summed E-state index contributed by atoms with van der Waals surface area (Å²) in [5.41, 5.74) is 1.23. The highest BCUT2D eigenvalue weighted by Gasteiger charge is 2.18. The number of aryl methyl sites for hydroxylation is 1. The van der Waals surface area contributed by atoms with Gasteiger partial charge in [0, 0.05) is 6.54 Å². The van der Waals surface area contributed by atoms with E-state index >= 15 is 0 Å². The Morgan fingerprint density at radius 3 is 2.73 bits per heavy atom. The molecule has 112 valence electrons. The molecule has 0 fully saturated rings. The lowest BCUT2D eigenvalue weighted by molar-refractivity contribution is 0.102. The van der Waals surface area contributed by atoms with Crippen LogP contribution >= 0.6 is 0 Å². The molecule has 0 atom stereocenters. The van der Waals surface area contributed by atoms with Crippen molar-refractivity contribution in [1.82, 2.24) is 9.55 Å². The Morgan fingerprint density at radius 2 is 1.95 bits per heavy atom.